The van der Waals surface area contributed by atoms with Crippen LogP contribution in [0, 0.1) is 6.92 Å². The van der Waals surface area contributed by atoms with E-state index in [0.717, 1.165) is 44.9 Å². The van der Waals surface area contributed by atoms with Gasteiger partial charge in [0.15, 0.2) is 5.82 Å². The van der Waals surface area contributed by atoms with Gasteiger partial charge >= 0.3 is 0 Å². The molecule has 1 atom stereocenters. The van der Waals surface area contributed by atoms with E-state index in [1.807, 2.05) is 62.5 Å². The average Bonchev–Trinajstić information content (AvgIpc) is 3.11. The smallest absolute Gasteiger partial charge is 0.153 e. The summed E-state index contributed by atoms with van der Waals surface area (Å²) in [7, 11) is 0. The van der Waals surface area contributed by atoms with Gasteiger partial charge in [-0.05, 0) is 55.8 Å². The lowest BCUT2D eigenvalue weighted by atomic mass is 10.0. The maximum atomic E-state index is 6.02. The van der Waals surface area contributed by atoms with Crippen LogP contribution in [0.5, 0.6) is 0 Å². The highest BCUT2D eigenvalue weighted by Crippen LogP contribution is 2.27. The number of rotatable bonds is 4. The van der Waals surface area contributed by atoms with E-state index in [4.69, 9.17) is 16.6 Å². The summed E-state index contributed by atoms with van der Waals surface area (Å²) in [6.07, 6.45) is 1.98. The van der Waals surface area contributed by atoms with Crippen molar-refractivity contribution in [1.29, 1.82) is 0 Å². The van der Waals surface area contributed by atoms with Crippen molar-refractivity contribution in [3.8, 4) is 17.1 Å². The number of nitrogens with two attached hydrogens (primary N) is 2. The molecule has 0 radical (unpaired) electrons. The molecule has 0 aliphatic rings. The number of hydrogen-bond acceptors (Lipinski definition) is 5. The number of nitrogens with zero attached hydrogens (tertiary/aromatic N) is 4. The van der Waals surface area contributed by atoms with E-state index in [9.17, 15) is 0 Å². The molecule has 1 unspecified atom stereocenters. The molecule has 27 heavy (non-hydrogen) atoms. The number of fused-ring (bicyclic) bond motifs is 1. The van der Waals surface area contributed by atoms with Gasteiger partial charge in [-0.3, -0.25) is 4.98 Å². The molecule has 6 heteroatoms. The molecule has 4 rings (SSSR count). The van der Waals surface area contributed by atoms with Crippen molar-refractivity contribution < 1.29 is 0 Å². The normalized spacial score (nSPS) is 12.4. The van der Waals surface area contributed by atoms with E-state index in [0.29, 0.717) is 6.54 Å². The number of aryl methyl sites for hydroxylation is 1. The zero-order chi connectivity index (χ0) is 19.0. The molecule has 0 bridgehead atoms. The van der Waals surface area contributed by atoms with Gasteiger partial charge < -0.3 is 11.5 Å². The zero-order valence-electron chi connectivity index (χ0n) is 15.4. The molecule has 0 saturated heterocycles. The van der Waals surface area contributed by atoms with Gasteiger partial charge in [0, 0.05) is 35.4 Å². The van der Waals surface area contributed by atoms with Crippen LogP contribution in [0.25, 0.3) is 28.0 Å². The van der Waals surface area contributed by atoms with Gasteiger partial charge in [0.25, 0.3) is 0 Å². The second-order valence-electron chi connectivity index (χ2n) is 6.72. The summed E-state index contributed by atoms with van der Waals surface area (Å²) in [6.45, 7) is 4.31. The maximum absolute atomic E-state index is 6.02. The quantitative estimate of drug-likeness (QED) is 0.584. The Bertz CT molecular complexity index is 1110. The van der Waals surface area contributed by atoms with Crippen LogP contribution in [-0.2, 0) is 6.54 Å². The number of aromatic nitrogens is 4. The fourth-order valence-electron chi connectivity index (χ4n) is 3.15. The third kappa shape index (κ3) is 3.32. The van der Waals surface area contributed by atoms with Crippen LogP contribution in [0.1, 0.15) is 29.9 Å². The first-order valence-corrected chi connectivity index (χ1v) is 8.94. The van der Waals surface area contributed by atoms with Crippen LogP contribution >= 0.6 is 0 Å². The predicted octanol–water partition coefficient (Wildman–Crippen LogP) is 3.27. The minimum atomic E-state index is -0.116. The van der Waals surface area contributed by atoms with Crippen molar-refractivity contribution in [2.75, 3.05) is 0 Å². The van der Waals surface area contributed by atoms with Crippen molar-refractivity contribution in [2.24, 2.45) is 11.5 Å². The highest BCUT2D eigenvalue weighted by Gasteiger charge is 2.12. The fraction of sp³-hybridized carbons (Fsp3) is 0.190. The Morgan fingerprint density at radius 1 is 1.07 bits per heavy atom. The first kappa shape index (κ1) is 17.3. The van der Waals surface area contributed by atoms with Gasteiger partial charge in [-0.2, -0.15) is 5.10 Å². The molecule has 0 saturated carbocycles. The first-order valence-electron chi connectivity index (χ1n) is 8.94. The summed E-state index contributed by atoms with van der Waals surface area (Å²) >= 11 is 0. The van der Waals surface area contributed by atoms with Crippen molar-refractivity contribution in [1.82, 2.24) is 19.7 Å². The Labute approximate surface area is 157 Å². The lowest BCUT2D eigenvalue weighted by Crippen LogP contribution is -2.07. The maximum Gasteiger partial charge on any atom is 0.153 e. The summed E-state index contributed by atoms with van der Waals surface area (Å²) < 4.78 is 1.80. The van der Waals surface area contributed by atoms with Crippen molar-refractivity contribution in [2.45, 2.75) is 26.4 Å². The van der Waals surface area contributed by atoms with Crippen molar-refractivity contribution in [3.63, 3.8) is 0 Å². The molecule has 0 fully saturated rings. The molecule has 6 nitrogen and oxygen atoms in total. The van der Waals surface area contributed by atoms with E-state index in [1.54, 1.807) is 4.68 Å². The highest BCUT2D eigenvalue weighted by molar-refractivity contribution is 5.87. The first-order chi connectivity index (χ1) is 13.0. The zero-order valence-corrected chi connectivity index (χ0v) is 15.4. The third-order valence-electron chi connectivity index (χ3n) is 4.57. The Morgan fingerprint density at radius 2 is 1.89 bits per heavy atom. The van der Waals surface area contributed by atoms with Crippen LogP contribution in [0.2, 0.25) is 0 Å². The lowest BCUT2D eigenvalue weighted by Gasteiger charge is -2.09. The molecule has 0 amide bonds. The molecule has 136 valence electrons. The molecule has 0 aliphatic heterocycles. The molecule has 3 heterocycles. The summed E-state index contributed by atoms with van der Waals surface area (Å²) in [5.74, 6) is 0.785. The minimum absolute atomic E-state index is 0.116. The van der Waals surface area contributed by atoms with E-state index >= 15 is 0 Å². The average molecular weight is 358 g/mol. The Hall–Kier alpha value is -3.09. The largest absolute Gasteiger partial charge is 0.326 e. The molecule has 0 spiro atoms. The summed E-state index contributed by atoms with van der Waals surface area (Å²) in [6, 6.07) is 15.8. The van der Waals surface area contributed by atoms with Gasteiger partial charge in [-0.1, -0.05) is 12.1 Å². The van der Waals surface area contributed by atoms with Gasteiger partial charge in [0.05, 0.1) is 16.9 Å². The van der Waals surface area contributed by atoms with Crippen molar-refractivity contribution in [3.05, 3.63) is 71.7 Å². The summed E-state index contributed by atoms with van der Waals surface area (Å²) in [4.78, 5) is 9.24. The molecule has 3 aromatic heterocycles. The second-order valence-corrected chi connectivity index (χ2v) is 6.72. The molecule has 1 aromatic carbocycles. The molecule has 4 N–H and O–H groups in total. The number of benzene rings is 1. The van der Waals surface area contributed by atoms with Crippen LogP contribution in [0.15, 0.2) is 54.7 Å². The third-order valence-corrected chi connectivity index (χ3v) is 4.57. The monoisotopic (exact) mass is 358 g/mol. The van der Waals surface area contributed by atoms with Gasteiger partial charge in [0.2, 0.25) is 0 Å². The Kier molecular flexibility index (Phi) is 4.43. The van der Waals surface area contributed by atoms with Gasteiger partial charge in [0.1, 0.15) is 0 Å². The minimum Gasteiger partial charge on any atom is -0.326 e. The number of hydrogen-bond donors (Lipinski definition) is 2. The summed E-state index contributed by atoms with van der Waals surface area (Å²) in [5.41, 5.74) is 17.5. The van der Waals surface area contributed by atoms with Crippen LogP contribution in [0.4, 0.5) is 0 Å². The van der Waals surface area contributed by atoms with Crippen LogP contribution in [0.3, 0.4) is 0 Å². The van der Waals surface area contributed by atoms with Crippen LogP contribution < -0.4 is 11.5 Å². The fourth-order valence-corrected chi connectivity index (χ4v) is 3.15. The SMILES string of the molecule is Cc1cccc(-n2cc3c(CN)cc(-c4cccc(C(C)N)n4)cc3n2)n1. The second kappa shape index (κ2) is 6.90. The highest BCUT2D eigenvalue weighted by atomic mass is 15.3. The van der Waals surface area contributed by atoms with Crippen molar-refractivity contribution >= 4 is 10.9 Å². The molecule has 4 aromatic rings. The Balaban J connectivity index is 1.86. The van der Waals surface area contributed by atoms with Crippen LogP contribution in [-0.4, -0.2) is 19.7 Å². The Morgan fingerprint density at radius 3 is 2.63 bits per heavy atom. The number of pyridine rings is 2. The topological polar surface area (TPSA) is 95.6 Å². The summed E-state index contributed by atoms with van der Waals surface area (Å²) in [5, 5.41) is 5.74. The van der Waals surface area contributed by atoms with E-state index < -0.39 is 0 Å². The predicted molar refractivity (Wildman–Crippen MR) is 107 cm³/mol. The van der Waals surface area contributed by atoms with Gasteiger partial charge in [-0.15, -0.1) is 0 Å². The molecule has 0 aliphatic carbocycles. The van der Waals surface area contributed by atoms with E-state index in [1.165, 1.54) is 0 Å². The lowest BCUT2D eigenvalue weighted by molar-refractivity contribution is 0.782. The van der Waals surface area contributed by atoms with E-state index in [-0.39, 0.29) is 6.04 Å². The van der Waals surface area contributed by atoms with Gasteiger partial charge in [-0.25, -0.2) is 9.67 Å². The van der Waals surface area contributed by atoms with E-state index in [2.05, 4.69) is 16.0 Å². The molecular weight excluding hydrogens is 336 g/mol. The molecular formula is C21H22N6. The standard InChI is InChI=1S/C21H22N6/c1-13-5-3-8-21(24-13)27-12-17-16(11-22)9-15(10-20(17)26-27)19-7-4-6-18(25-19)14(2)23/h3-10,12,14H,11,22-23H2,1-2H3.